The van der Waals surface area contributed by atoms with Crippen molar-refractivity contribution in [1.29, 1.82) is 0 Å². The summed E-state index contributed by atoms with van der Waals surface area (Å²) in [6.45, 7) is 1.93. The summed E-state index contributed by atoms with van der Waals surface area (Å²) in [6.07, 6.45) is 2.86. The van der Waals surface area contributed by atoms with E-state index in [1.807, 2.05) is 49.4 Å². The van der Waals surface area contributed by atoms with Crippen LogP contribution in [0.1, 0.15) is 30.6 Å². The third-order valence-electron chi connectivity index (χ3n) is 3.10. The van der Waals surface area contributed by atoms with Crippen LogP contribution in [0.3, 0.4) is 0 Å². The van der Waals surface area contributed by atoms with Crippen molar-refractivity contribution in [1.82, 2.24) is 10.3 Å². The molecule has 3 N–H and O–H groups in total. The Labute approximate surface area is 119 Å². The Morgan fingerprint density at radius 3 is 2.85 bits per heavy atom. The number of hydrogen-bond acceptors (Lipinski definition) is 3. The molecule has 0 unspecified atom stereocenters. The van der Waals surface area contributed by atoms with Crippen molar-refractivity contribution < 1.29 is 4.79 Å². The number of benzene rings is 1. The van der Waals surface area contributed by atoms with E-state index in [1.54, 1.807) is 6.20 Å². The molecule has 4 heteroatoms. The molecule has 2 rings (SSSR count). The van der Waals surface area contributed by atoms with E-state index in [1.165, 1.54) is 0 Å². The number of carbonyl (C=O) groups is 1. The maximum atomic E-state index is 11.9. The molecule has 1 heterocycles. The second kappa shape index (κ2) is 6.70. The normalized spacial score (nSPS) is 11.8. The topological polar surface area (TPSA) is 68.0 Å². The molecule has 0 bridgehead atoms. The lowest BCUT2D eigenvalue weighted by Crippen LogP contribution is -2.27. The van der Waals surface area contributed by atoms with E-state index in [0.29, 0.717) is 12.8 Å². The van der Waals surface area contributed by atoms with Gasteiger partial charge >= 0.3 is 0 Å². The second-order valence-electron chi connectivity index (χ2n) is 4.79. The van der Waals surface area contributed by atoms with Crippen molar-refractivity contribution in [3.63, 3.8) is 0 Å². The first-order chi connectivity index (χ1) is 9.65. The van der Waals surface area contributed by atoms with E-state index < -0.39 is 0 Å². The smallest absolute Gasteiger partial charge is 0.220 e. The fraction of sp³-hybridized carbons (Fsp3) is 0.250. The largest absolute Gasteiger partial charge is 0.399 e. The van der Waals surface area contributed by atoms with E-state index in [9.17, 15) is 4.79 Å². The molecule has 1 aromatic heterocycles. The zero-order valence-corrected chi connectivity index (χ0v) is 11.5. The number of carbonyl (C=O) groups excluding carboxylic acids is 1. The molecule has 0 fully saturated rings. The minimum Gasteiger partial charge on any atom is -0.399 e. The van der Waals surface area contributed by atoms with Crippen molar-refractivity contribution in [3.05, 3.63) is 59.9 Å². The Morgan fingerprint density at radius 2 is 2.15 bits per heavy atom. The summed E-state index contributed by atoms with van der Waals surface area (Å²) >= 11 is 0. The van der Waals surface area contributed by atoms with Crippen molar-refractivity contribution in [2.45, 2.75) is 25.8 Å². The van der Waals surface area contributed by atoms with Crippen LogP contribution in [0.15, 0.2) is 48.7 Å². The Morgan fingerprint density at radius 1 is 1.30 bits per heavy atom. The van der Waals surface area contributed by atoms with Crippen LogP contribution in [0.25, 0.3) is 0 Å². The molecule has 0 spiro atoms. The molecular weight excluding hydrogens is 250 g/mol. The van der Waals surface area contributed by atoms with Gasteiger partial charge in [-0.1, -0.05) is 18.2 Å². The summed E-state index contributed by atoms with van der Waals surface area (Å²) in [5, 5.41) is 2.95. The average Bonchev–Trinajstić information content (AvgIpc) is 2.46. The van der Waals surface area contributed by atoms with Gasteiger partial charge in [0.2, 0.25) is 5.91 Å². The number of aryl methyl sites for hydroxylation is 1. The molecule has 1 amide bonds. The quantitative estimate of drug-likeness (QED) is 0.819. The molecule has 0 aliphatic heterocycles. The first kappa shape index (κ1) is 14.1. The monoisotopic (exact) mass is 269 g/mol. The molecule has 0 saturated carbocycles. The van der Waals surface area contributed by atoms with Crippen molar-refractivity contribution >= 4 is 11.6 Å². The van der Waals surface area contributed by atoms with E-state index in [0.717, 1.165) is 16.9 Å². The number of aromatic nitrogens is 1. The van der Waals surface area contributed by atoms with Gasteiger partial charge in [0.25, 0.3) is 0 Å². The first-order valence-corrected chi connectivity index (χ1v) is 6.70. The van der Waals surface area contributed by atoms with Gasteiger partial charge in [0.05, 0.1) is 11.7 Å². The van der Waals surface area contributed by atoms with Gasteiger partial charge in [-0.2, -0.15) is 0 Å². The Hall–Kier alpha value is -2.36. The van der Waals surface area contributed by atoms with Crippen LogP contribution in [0.4, 0.5) is 5.69 Å². The number of nitrogens with two attached hydrogens (primary N) is 1. The Bertz CT molecular complexity index is 569. The molecule has 0 aliphatic rings. The zero-order chi connectivity index (χ0) is 14.4. The van der Waals surface area contributed by atoms with Crippen LogP contribution >= 0.6 is 0 Å². The van der Waals surface area contributed by atoms with Crippen LogP contribution in [-0.2, 0) is 11.2 Å². The summed E-state index contributed by atoms with van der Waals surface area (Å²) < 4.78 is 0. The fourth-order valence-electron chi connectivity index (χ4n) is 2.03. The molecule has 20 heavy (non-hydrogen) atoms. The van der Waals surface area contributed by atoms with E-state index >= 15 is 0 Å². The lowest BCUT2D eigenvalue weighted by atomic mass is 10.1. The predicted octanol–water partition coefficient (Wildman–Crippen LogP) is 2.47. The number of amides is 1. The minimum absolute atomic E-state index is 0.0191. The van der Waals surface area contributed by atoms with Gasteiger partial charge in [-0.25, -0.2) is 0 Å². The van der Waals surface area contributed by atoms with Crippen molar-refractivity contribution in [2.75, 3.05) is 5.73 Å². The van der Waals surface area contributed by atoms with Crippen LogP contribution in [-0.4, -0.2) is 10.9 Å². The van der Waals surface area contributed by atoms with Gasteiger partial charge < -0.3 is 11.1 Å². The third-order valence-corrected chi connectivity index (χ3v) is 3.10. The van der Waals surface area contributed by atoms with Crippen LogP contribution in [0, 0.1) is 0 Å². The lowest BCUT2D eigenvalue weighted by molar-refractivity contribution is -0.121. The summed E-state index contributed by atoms with van der Waals surface area (Å²) in [5.41, 5.74) is 8.38. The van der Waals surface area contributed by atoms with Crippen LogP contribution in [0.2, 0.25) is 0 Å². The maximum absolute atomic E-state index is 11.9. The summed E-state index contributed by atoms with van der Waals surface area (Å²) in [6, 6.07) is 13.2. The molecule has 2 aromatic rings. The van der Waals surface area contributed by atoms with Gasteiger partial charge in [0, 0.05) is 18.3 Å². The number of nitrogens with zero attached hydrogens (tertiary/aromatic N) is 1. The number of hydrogen-bond donors (Lipinski definition) is 2. The van der Waals surface area contributed by atoms with Gasteiger partial charge in [0.1, 0.15) is 0 Å². The SMILES string of the molecule is C[C@@H](NC(=O)CCc1cccc(N)c1)c1ccccn1. The van der Waals surface area contributed by atoms with Gasteiger partial charge in [-0.3, -0.25) is 9.78 Å². The van der Waals surface area contributed by atoms with E-state index in [4.69, 9.17) is 5.73 Å². The lowest BCUT2D eigenvalue weighted by Gasteiger charge is -2.13. The van der Waals surface area contributed by atoms with Gasteiger partial charge in [0.15, 0.2) is 0 Å². The number of nitrogens with one attached hydrogen (secondary N) is 1. The molecule has 0 aliphatic carbocycles. The standard InChI is InChI=1S/C16H19N3O/c1-12(15-7-2-3-10-18-15)19-16(20)9-8-13-5-4-6-14(17)11-13/h2-7,10-12H,8-9,17H2,1H3,(H,19,20)/t12-/m1/s1. The average molecular weight is 269 g/mol. The summed E-state index contributed by atoms with van der Waals surface area (Å²) in [4.78, 5) is 16.1. The highest BCUT2D eigenvalue weighted by molar-refractivity contribution is 5.76. The van der Waals surface area contributed by atoms with Crippen molar-refractivity contribution in [3.8, 4) is 0 Å². The highest BCUT2D eigenvalue weighted by atomic mass is 16.1. The maximum Gasteiger partial charge on any atom is 0.220 e. The summed E-state index contributed by atoms with van der Waals surface area (Å²) in [7, 11) is 0. The fourth-order valence-corrected chi connectivity index (χ4v) is 2.03. The summed E-state index contributed by atoms with van der Waals surface area (Å²) in [5.74, 6) is 0.0191. The molecule has 0 saturated heterocycles. The van der Waals surface area contributed by atoms with E-state index in [2.05, 4.69) is 10.3 Å². The number of pyridine rings is 1. The van der Waals surface area contributed by atoms with Gasteiger partial charge in [-0.05, 0) is 43.2 Å². The number of rotatable bonds is 5. The second-order valence-corrected chi connectivity index (χ2v) is 4.79. The molecule has 4 nitrogen and oxygen atoms in total. The molecule has 104 valence electrons. The zero-order valence-electron chi connectivity index (χ0n) is 11.5. The highest BCUT2D eigenvalue weighted by Gasteiger charge is 2.10. The molecular formula is C16H19N3O. The number of anilines is 1. The predicted molar refractivity (Wildman–Crippen MR) is 80.0 cm³/mol. The van der Waals surface area contributed by atoms with Gasteiger partial charge in [-0.15, -0.1) is 0 Å². The molecule has 1 aromatic carbocycles. The van der Waals surface area contributed by atoms with E-state index in [-0.39, 0.29) is 11.9 Å². The van der Waals surface area contributed by atoms with Crippen molar-refractivity contribution in [2.24, 2.45) is 0 Å². The minimum atomic E-state index is -0.0791. The van der Waals surface area contributed by atoms with Crippen LogP contribution < -0.4 is 11.1 Å². The number of nitrogen functional groups attached to an aromatic ring is 1. The first-order valence-electron chi connectivity index (χ1n) is 6.70. The highest BCUT2D eigenvalue weighted by Crippen LogP contribution is 2.11. The molecule has 1 atom stereocenters. The Balaban J connectivity index is 1.84. The Kier molecular flexibility index (Phi) is 4.71. The third kappa shape index (κ3) is 4.09. The molecule has 0 radical (unpaired) electrons. The van der Waals surface area contributed by atoms with Crippen LogP contribution in [0.5, 0.6) is 0 Å².